The molecule has 5 nitrogen and oxygen atoms in total. The Kier molecular flexibility index (Phi) is 6.65. The number of carbonyl (C=O) groups excluding carboxylic acids is 2. The largest absolute Gasteiger partial charge is 0.492 e. The maximum Gasteiger partial charge on any atom is 0.261 e. The summed E-state index contributed by atoms with van der Waals surface area (Å²) in [4.78, 5) is 25.1. The summed E-state index contributed by atoms with van der Waals surface area (Å²) in [7, 11) is 0. The van der Waals surface area contributed by atoms with E-state index in [1.54, 1.807) is 0 Å². The van der Waals surface area contributed by atoms with Crippen LogP contribution >= 0.6 is 11.3 Å². The summed E-state index contributed by atoms with van der Waals surface area (Å²) in [5, 5.41) is 6.43. The van der Waals surface area contributed by atoms with Crippen LogP contribution in [0, 0.1) is 26.2 Å². The molecular weight excluding hydrogens is 360 g/mol. The third-order valence-corrected chi connectivity index (χ3v) is 5.04. The molecule has 0 aliphatic rings. The third kappa shape index (κ3) is 6.10. The average molecular weight is 389 g/mol. The van der Waals surface area contributed by atoms with Crippen LogP contribution in [0.3, 0.4) is 0 Å². The Morgan fingerprint density at radius 3 is 2.26 bits per heavy atom. The monoisotopic (exact) mass is 388 g/mol. The first-order valence-electron chi connectivity index (χ1n) is 8.97. The molecule has 0 bridgehead atoms. The van der Waals surface area contributed by atoms with Crippen molar-refractivity contribution in [1.82, 2.24) is 5.32 Å². The molecular formula is C21H28N2O3S. The Balaban J connectivity index is 1.88. The minimum Gasteiger partial charge on any atom is -0.492 e. The maximum atomic E-state index is 12.4. The smallest absolute Gasteiger partial charge is 0.261 e. The number of ether oxygens (including phenoxy) is 1. The number of amides is 2. The highest BCUT2D eigenvalue weighted by Gasteiger charge is 2.23. The number of hydrogen-bond acceptors (Lipinski definition) is 4. The summed E-state index contributed by atoms with van der Waals surface area (Å²) in [5.74, 6) is 0.580. The van der Waals surface area contributed by atoms with Crippen molar-refractivity contribution in [3.05, 3.63) is 45.8 Å². The number of thiophene rings is 1. The van der Waals surface area contributed by atoms with Crippen LogP contribution in [-0.4, -0.2) is 25.0 Å². The summed E-state index contributed by atoms with van der Waals surface area (Å²) in [6.45, 7) is 12.3. The molecule has 0 fully saturated rings. The highest BCUT2D eigenvalue weighted by atomic mass is 32.1. The highest BCUT2D eigenvalue weighted by molar-refractivity contribution is 7.18. The van der Waals surface area contributed by atoms with Gasteiger partial charge in [0.05, 0.1) is 16.4 Å². The first kappa shape index (κ1) is 21.0. The van der Waals surface area contributed by atoms with Gasteiger partial charge in [0.25, 0.3) is 5.91 Å². The molecule has 27 heavy (non-hydrogen) atoms. The molecule has 1 heterocycles. The fourth-order valence-electron chi connectivity index (χ4n) is 2.50. The number of carbonyl (C=O) groups is 2. The number of anilines is 1. The van der Waals surface area contributed by atoms with E-state index in [2.05, 4.69) is 16.7 Å². The van der Waals surface area contributed by atoms with Gasteiger partial charge >= 0.3 is 0 Å². The van der Waals surface area contributed by atoms with Gasteiger partial charge in [0.15, 0.2) is 0 Å². The van der Waals surface area contributed by atoms with Gasteiger partial charge in [-0.05, 0) is 55.7 Å². The molecule has 146 valence electrons. The molecule has 0 saturated carbocycles. The summed E-state index contributed by atoms with van der Waals surface area (Å²) >= 11 is 1.29. The molecule has 2 rings (SSSR count). The van der Waals surface area contributed by atoms with Gasteiger partial charge in [-0.3, -0.25) is 9.59 Å². The Hall–Kier alpha value is -2.34. The Morgan fingerprint density at radius 2 is 1.67 bits per heavy atom. The fourth-order valence-corrected chi connectivity index (χ4v) is 3.48. The summed E-state index contributed by atoms with van der Waals surface area (Å²) in [6, 6.07) is 7.87. The average Bonchev–Trinajstić information content (AvgIpc) is 2.90. The van der Waals surface area contributed by atoms with Crippen LogP contribution in [0.2, 0.25) is 0 Å². The van der Waals surface area contributed by atoms with E-state index in [4.69, 9.17) is 4.74 Å². The molecule has 0 spiro atoms. The lowest BCUT2D eigenvalue weighted by molar-refractivity contribution is -0.123. The number of rotatable bonds is 6. The topological polar surface area (TPSA) is 67.4 Å². The molecule has 1 aromatic heterocycles. The van der Waals surface area contributed by atoms with E-state index in [0.29, 0.717) is 23.0 Å². The van der Waals surface area contributed by atoms with Crippen LogP contribution in [0.15, 0.2) is 24.3 Å². The maximum absolute atomic E-state index is 12.4. The lowest BCUT2D eigenvalue weighted by Crippen LogP contribution is -2.28. The van der Waals surface area contributed by atoms with Gasteiger partial charge in [-0.25, -0.2) is 0 Å². The zero-order valence-electron chi connectivity index (χ0n) is 16.9. The second-order valence-electron chi connectivity index (χ2n) is 7.75. The van der Waals surface area contributed by atoms with Crippen molar-refractivity contribution in [3.63, 3.8) is 0 Å². The Morgan fingerprint density at radius 1 is 1.04 bits per heavy atom. The van der Waals surface area contributed by atoms with Crippen LogP contribution in [0.25, 0.3) is 0 Å². The number of hydrogen-bond donors (Lipinski definition) is 2. The van der Waals surface area contributed by atoms with Crippen molar-refractivity contribution in [2.45, 2.75) is 41.5 Å². The summed E-state index contributed by atoms with van der Waals surface area (Å²) in [5.41, 5.74) is 2.66. The lowest BCUT2D eigenvalue weighted by atomic mass is 9.96. The molecule has 1 aromatic carbocycles. The van der Waals surface area contributed by atoms with Gasteiger partial charge < -0.3 is 15.4 Å². The second kappa shape index (κ2) is 8.57. The van der Waals surface area contributed by atoms with Crippen molar-refractivity contribution in [3.8, 4) is 5.75 Å². The van der Waals surface area contributed by atoms with Crippen LogP contribution in [0.5, 0.6) is 5.75 Å². The number of aryl methyl sites for hydroxylation is 3. The van der Waals surface area contributed by atoms with Crippen molar-refractivity contribution >= 4 is 28.2 Å². The predicted molar refractivity (Wildman–Crippen MR) is 111 cm³/mol. The Bertz CT molecular complexity index is 814. The van der Waals surface area contributed by atoms with E-state index < -0.39 is 5.41 Å². The van der Waals surface area contributed by atoms with Crippen molar-refractivity contribution in [2.24, 2.45) is 5.41 Å². The standard InChI is InChI=1S/C21H28N2O3S/c1-13-9-14(2)11-16(10-13)26-8-7-22-19(24)18-15(3)12-17(27-18)23-20(25)21(4,5)6/h9-12H,7-8H2,1-6H3,(H,22,24)(H,23,25). The number of benzene rings is 1. The molecule has 0 aliphatic carbocycles. The molecule has 0 atom stereocenters. The summed E-state index contributed by atoms with van der Waals surface area (Å²) < 4.78 is 5.71. The van der Waals surface area contributed by atoms with Crippen molar-refractivity contribution in [2.75, 3.05) is 18.5 Å². The SMILES string of the molecule is Cc1cc(C)cc(OCCNC(=O)c2sc(NC(=O)C(C)(C)C)cc2C)c1. The highest BCUT2D eigenvalue weighted by Crippen LogP contribution is 2.28. The molecule has 6 heteroatoms. The molecule has 0 radical (unpaired) electrons. The van der Waals surface area contributed by atoms with Crippen LogP contribution < -0.4 is 15.4 Å². The minimum absolute atomic E-state index is 0.0717. The zero-order chi connectivity index (χ0) is 20.2. The van der Waals surface area contributed by atoms with Gasteiger partial charge in [-0.1, -0.05) is 26.8 Å². The van der Waals surface area contributed by atoms with Gasteiger partial charge in [0, 0.05) is 5.41 Å². The number of nitrogens with one attached hydrogen (secondary N) is 2. The van der Waals surface area contributed by atoms with E-state index in [0.717, 1.165) is 22.4 Å². The van der Waals surface area contributed by atoms with Crippen LogP contribution in [-0.2, 0) is 4.79 Å². The second-order valence-corrected chi connectivity index (χ2v) is 8.81. The predicted octanol–water partition coefficient (Wildman–Crippen LogP) is 4.47. The molecule has 2 aromatic rings. The third-order valence-electron chi connectivity index (χ3n) is 3.89. The van der Waals surface area contributed by atoms with Gasteiger partial charge in [0.2, 0.25) is 5.91 Å². The lowest BCUT2D eigenvalue weighted by Gasteiger charge is -2.16. The van der Waals surface area contributed by atoms with E-state index in [1.807, 2.05) is 59.7 Å². The van der Waals surface area contributed by atoms with E-state index >= 15 is 0 Å². The molecule has 0 unspecified atom stereocenters. The quantitative estimate of drug-likeness (QED) is 0.718. The van der Waals surface area contributed by atoms with E-state index in [9.17, 15) is 9.59 Å². The first-order valence-corrected chi connectivity index (χ1v) is 9.79. The van der Waals surface area contributed by atoms with E-state index in [-0.39, 0.29) is 11.8 Å². The normalized spacial score (nSPS) is 11.2. The van der Waals surface area contributed by atoms with Crippen LogP contribution in [0.1, 0.15) is 47.1 Å². The van der Waals surface area contributed by atoms with Gasteiger partial charge in [-0.2, -0.15) is 0 Å². The van der Waals surface area contributed by atoms with Crippen molar-refractivity contribution < 1.29 is 14.3 Å². The zero-order valence-corrected chi connectivity index (χ0v) is 17.7. The van der Waals surface area contributed by atoms with Crippen LogP contribution in [0.4, 0.5) is 5.00 Å². The summed E-state index contributed by atoms with van der Waals surface area (Å²) in [6.07, 6.45) is 0. The van der Waals surface area contributed by atoms with E-state index in [1.165, 1.54) is 11.3 Å². The molecule has 2 amide bonds. The Labute approximate surface area is 165 Å². The fraction of sp³-hybridized carbons (Fsp3) is 0.429. The molecule has 0 aliphatic heterocycles. The van der Waals surface area contributed by atoms with Crippen molar-refractivity contribution in [1.29, 1.82) is 0 Å². The van der Waals surface area contributed by atoms with Gasteiger partial charge in [-0.15, -0.1) is 11.3 Å². The first-order chi connectivity index (χ1) is 12.6. The minimum atomic E-state index is -0.480. The van der Waals surface area contributed by atoms with Gasteiger partial charge in [0.1, 0.15) is 12.4 Å². The molecule has 0 saturated heterocycles. The molecule has 2 N–H and O–H groups in total.